The van der Waals surface area contributed by atoms with Gasteiger partial charge in [-0.3, -0.25) is 19.9 Å². The number of carbonyl (C=O) groups is 2. The first kappa shape index (κ1) is 14.7. The number of aromatic nitrogens is 1. The number of nitrogens with zero attached hydrogens (tertiary/aromatic N) is 1. The Bertz CT molecular complexity index is 398. The second kappa shape index (κ2) is 7.84. The van der Waals surface area contributed by atoms with Gasteiger partial charge in [-0.25, -0.2) is 0 Å². The lowest BCUT2D eigenvalue weighted by molar-refractivity contribution is -0.139. The van der Waals surface area contributed by atoms with Crippen LogP contribution in [0.3, 0.4) is 0 Å². The summed E-state index contributed by atoms with van der Waals surface area (Å²) < 4.78 is 0. The molecule has 0 aliphatic carbocycles. The number of pyridine rings is 1. The summed E-state index contributed by atoms with van der Waals surface area (Å²) in [6.45, 7) is 0.0110. The highest BCUT2D eigenvalue weighted by Gasteiger charge is 2.17. The van der Waals surface area contributed by atoms with Gasteiger partial charge in [0.15, 0.2) is 5.78 Å². The van der Waals surface area contributed by atoms with E-state index in [9.17, 15) is 9.59 Å². The molecule has 2 N–H and O–H groups in total. The van der Waals surface area contributed by atoms with E-state index in [2.05, 4.69) is 10.3 Å². The van der Waals surface area contributed by atoms with Crippen LogP contribution in [0.25, 0.3) is 0 Å². The average Bonchev–Trinajstić information content (AvgIpc) is 2.39. The standard InChI is InChI=1S/C12H16N2O3S/c1-18-6-4-10(12(16)17)14-8-11(15)9-3-2-5-13-7-9/h2-3,5,7,10,14H,4,6,8H2,1H3,(H,16,17)/t10-/m0/s1. The van der Waals surface area contributed by atoms with Gasteiger partial charge >= 0.3 is 5.97 Å². The van der Waals surface area contributed by atoms with Crippen LogP contribution >= 0.6 is 11.8 Å². The quantitative estimate of drug-likeness (QED) is 0.686. The number of hydrogen-bond acceptors (Lipinski definition) is 5. The summed E-state index contributed by atoms with van der Waals surface area (Å²) in [4.78, 5) is 26.6. The van der Waals surface area contributed by atoms with E-state index in [0.717, 1.165) is 5.75 Å². The van der Waals surface area contributed by atoms with Gasteiger partial charge in [-0.1, -0.05) is 0 Å². The molecule has 1 heterocycles. The van der Waals surface area contributed by atoms with E-state index in [1.807, 2.05) is 6.26 Å². The molecule has 0 aromatic carbocycles. The van der Waals surface area contributed by atoms with E-state index in [1.165, 1.54) is 6.20 Å². The minimum absolute atomic E-state index is 0.0110. The number of ketones is 1. The van der Waals surface area contributed by atoms with Crippen molar-refractivity contribution in [3.8, 4) is 0 Å². The number of carbonyl (C=O) groups excluding carboxylic acids is 1. The van der Waals surface area contributed by atoms with Crippen LogP contribution in [0.5, 0.6) is 0 Å². The molecule has 1 aromatic heterocycles. The van der Waals surface area contributed by atoms with Crippen LogP contribution < -0.4 is 5.32 Å². The zero-order chi connectivity index (χ0) is 13.4. The highest BCUT2D eigenvalue weighted by atomic mass is 32.2. The van der Waals surface area contributed by atoms with Crippen molar-refractivity contribution in [2.45, 2.75) is 12.5 Å². The van der Waals surface area contributed by atoms with Crippen LogP contribution in [-0.2, 0) is 4.79 Å². The third kappa shape index (κ3) is 4.85. The predicted molar refractivity (Wildman–Crippen MR) is 71.0 cm³/mol. The lowest BCUT2D eigenvalue weighted by Gasteiger charge is -2.13. The van der Waals surface area contributed by atoms with Crippen molar-refractivity contribution in [3.05, 3.63) is 30.1 Å². The number of rotatable bonds is 8. The molecule has 0 aliphatic heterocycles. The molecular formula is C12H16N2O3S. The van der Waals surface area contributed by atoms with Gasteiger partial charge < -0.3 is 5.11 Å². The molecule has 0 unspecified atom stereocenters. The first-order chi connectivity index (χ1) is 8.65. The van der Waals surface area contributed by atoms with Crippen molar-refractivity contribution in [1.29, 1.82) is 0 Å². The van der Waals surface area contributed by atoms with Crippen LogP contribution in [-0.4, -0.2) is 46.4 Å². The minimum atomic E-state index is -0.928. The number of carboxylic acids is 1. The van der Waals surface area contributed by atoms with E-state index in [0.29, 0.717) is 12.0 Å². The first-order valence-electron chi connectivity index (χ1n) is 5.53. The highest BCUT2D eigenvalue weighted by molar-refractivity contribution is 7.98. The highest BCUT2D eigenvalue weighted by Crippen LogP contribution is 2.02. The number of carboxylic acid groups (broad SMARTS) is 1. The second-order valence-corrected chi connectivity index (χ2v) is 4.70. The third-order valence-electron chi connectivity index (χ3n) is 2.40. The van der Waals surface area contributed by atoms with Gasteiger partial charge in [0.05, 0.1) is 6.54 Å². The Balaban J connectivity index is 2.47. The molecule has 0 saturated heterocycles. The van der Waals surface area contributed by atoms with Gasteiger partial charge in [-0.05, 0) is 30.6 Å². The lowest BCUT2D eigenvalue weighted by Crippen LogP contribution is -2.40. The van der Waals surface area contributed by atoms with Gasteiger partial charge in [0.25, 0.3) is 0 Å². The summed E-state index contributed by atoms with van der Waals surface area (Å²) in [5.74, 6) is -0.341. The van der Waals surface area contributed by atoms with Crippen molar-refractivity contribution in [2.24, 2.45) is 0 Å². The Hall–Kier alpha value is -1.40. The zero-order valence-corrected chi connectivity index (χ0v) is 10.9. The molecule has 0 amide bonds. The third-order valence-corrected chi connectivity index (χ3v) is 3.05. The van der Waals surface area contributed by atoms with E-state index in [1.54, 1.807) is 30.1 Å². The number of nitrogens with one attached hydrogen (secondary N) is 1. The topological polar surface area (TPSA) is 79.3 Å². The van der Waals surface area contributed by atoms with Gasteiger partial charge in [0.2, 0.25) is 0 Å². The second-order valence-electron chi connectivity index (χ2n) is 3.72. The normalized spacial score (nSPS) is 12.1. The van der Waals surface area contributed by atoms with Crippen LogP contribution in [0.1, 0.15) is 16.8 Å². The van der Waals surface area contributed by atoms with Gasteiger partial charge in [0, 0.05) is 18.0 Å². The van der Waals surface area contributed by atoms with Crippen molar-refractivity contribution in [1.82, 2.24) is 10.3 Å². The number of hydrogen-bond donors (Lipinski definition) is 2. The molecule has 0 saturated carbocycles. The molecule has 0 radical (unpaired) electrons. The van der Waals surface area contributed by atoms with Crippen molar-refractivity contribution >= 4 is 23.5 Å². The minimum Gasteiger partial charge on any atom is -0.480 e. The van der Waals surface area contributed by atoms with Gasteiger partial charge in [0.1, 0.15) is 6.04 Å². The average molecular weight is 268 g/mol. The summed E-state index contributed by atoms with van der Waals surface area (Å²) in [7, 11) is 0. The van der Waals surface area contributed by atoms with Crippen LogP contribution in [0, 0.1) is 0 Å². The van der Waals surface area contributed by atoms with E-state index in [-0.39, 0.29) is 12.3 Å². The molecule has 98 valence electrons. The molecule has 0 spiro atoms. The van der Waals surface area contributed by atoms with E-state index >= 15 is 0 Å². The molecule has 5 nitrogen and oxygen atoms in total. The maximum absolute atomic E-state index is 11.7. The maximum atomic E-state index is 11.7. The van der Waals surface area contributed by atoms with Gasteiger partial charge in [-0.2, -0.15) is 11.8 Å². The van der Waals surface area contributed by atoms with Crippen LogP contribution in [0.4, 0.5) is 0 Å². The fourth-order valence-electron chi connectivity index (χ4n) is 1.39. The summed E-state index contributed by atoms with van der Waals surface area (Å²) in [6.07, 6.45) is 5.47. The molecule has 1 aromatic rings. The fourth-order valence-corrected chi connectivity index (χ4v) is 1.87. The maximum Gasteiger partial charge on any atom is 0.320 e. The number of Topliss-reactive ketones (excluding diaryl/α,β-unsaturated/α-hetero) is 1. The molecular weight excluding hydrogens is 252 g/mol. The zero-order valence-electron chi connectivity index (χ0n) is 10.1. The summed E-state index contributed by atoms with van der Waals surface area (Å²) >= 11 is 1.58. The number of aliphatic carboxylic acids is 1. The molecule has 6 heteroatoms. The summed E-state index contributed by atoms with van der Waals surface area (Å²) in [6, 6.07) is 2.66. The summed E-state index contributed by atoms with van der Waals surface area (Å²) in [5.41, 5.74) is 0.485. The molecule has 1 atom stereocenters. The van der Waals surface area contributed by atoms with Crippen LogP contribution in [0.15, 0.2) is 24.5 Å². The smallest absolute Gasteiger partial charge is 0.320 e. The lowest BCUT2D eigenvalue weighted by atomic mass is 10.1. The summed E-state index contributed by atoms with van der Waals surface area (Å²) in [5, 5.41) is 11.7. The predicted octanol–water partition coefficient (Wildman–Crippen LogP) is 1.06. The number of thioether (sulfide) groups is 1. The van der Waals surface area contributed by atoms with Crippen molar-refractivity contribution in [2.75, 3.05) is 18.6 Å². The largest absolute Gasteiger partial charge is 0.480 e. The van der Waals surface area contributed by atoms with E-state index < -0.39 is 12.0 Å². The Morgan fingerprint density at radius 2 is 2.33 bits per heavy atom. The molecule has 1 rings (SSSR count). The molecule has 18 heavy (non-hydrogen) atoms. The fraction of sp³-hybridized carbons (Fsp3) is 0.417. The monoisotopic (exact) mass is 268 g/mol. The van der Waals surface area contributed by atoms with Crippen LogP contribution in [0.2, 0.25) is 0 Å². The van der Waals surface area contributed by atoms with E-state index in [4.69, 9.17) is 5.11 Å². The molecule has 0 fully saturated rings. The van der Waals surface area contributed by atoms with Crippen molar-refractivity contribution < 1.29 is 14.7 Å². The van der Waals surface area contributed by atoms with Gasteiger partial charge in [-0.15, -0.1) is 0 Å². The van der Waals surface area contributed by atoms with Crippen molar-refractivity contribution in [3.63, 3.8) is 0 Å². The first-order valence-corrected chi connectivity index (χ1v) is 6.93. The Morgan fingerprint density at radius 1 is 1.56 bits per heavy atom. The Labute approximate surface area is 110 Å². The molecule has 0 bridgehead atoms. The Kier molecular flexibility index (Phi) is 6.38. The SMILES string of the molecule is CSCC[C@H](NCC(=O)c1cccnc1)C(=O)O. The Morgan fingerprint density at radius 3 is 2.89 bits per heavy atom. The molecule has 0 aliphatic rings.